The predicted molar refractivity (Wildman–Crippen MR) is 94.2 cm³/mol. The molecule has 3 nitrogen and oxygen atoms in total. The van der Waals surface area contributed by atoms with Crippen LogP contribution in [0.2, 0.25) is 0 Å². The summed E-state index contributed by atoms with van der Waals surface area (Å²) in [7, 11) is 1.64. The molecule has 0 amide bonds. The van der Waals surface area contributed by atoms with Gasteiger partial charge in [0.05, 0.1) is 7.11 Å². The summed E-state index contributed by atoms with van der Waals surface area (Å²) >= 11 is 5.57. The molecule has 23 heavy (non-hydrogen) atoms. The third-order valence-corrected chi connectivity index (χ3v) is 4.19. The lowest BCUT2D eigenvalue weighted by Gasteiger charge is -2.26. The lowest BCUT2D eigenvalue weighted by molar-refractivity contribution is 0.409. The van der Waals surface area contributed by atoms with Crippen LogP contribution in [0.25, 0.3) is 0 Å². The van der Waals surface area contributed by atoms with E-state index in [2.05, 4.69) is 10.2 Å². The highest BCUT2D eigenvalue weighted by Crippen LogP contribution is 2.29. The van der Waals surface area contributed by atoms with Gasteiger partial charge in [0.1, 0.15) is 11.6 Å². The van der Waals surface area contributed by atoms with Gasteiger partial charge in [0.15, 0.2) is 5.11 Å². The van der Waals surface area contributed by atoms with Crippen molar-refractivity contribution in [3.05, 3.63) is 59.9 Å². The van der Waals surface area contributed by atoms with Crippen LogP contribution in [-0.4, -0.2) is 23.2 Å². The van der Waals surface area contributed by atoms with Gasteiger partial charge in [-0.25, -0.2) is 4.39 Å². The zero-order valence-corrected chi connectivity index (χ0v) is 13.8. The maximum Gasteiger partial charge on any atom is 0.173 e. The average molecular weight is 330 g/mol. The maximum atomic E-state index is 13.0. The molecule has 0 atom stereocenters. The average Bonchev–Trinajstić information content (AvgIpc) is 3.39. The van der Waals surface area contributed by atoms with Crippen LogP contribution in [0.15, 0.2) is 48.5 Å². The van der Waals surface area contributed by atoms with E-state index in [1.807, 2.05) is 24.3 Å². The predicted octanol–water partition coefficient (Wildman–Crippen LogP) is 4.20. The number of nitrogens with zero attached hydrogens (tertiary/aromatic N) is 1. The van der Waals surface area contributed by atoms with Gasteiger partial charge in [-0.15, -0.1) is 0 Å². The smallest absolute Gasteiger partial charge is 0.173 e. The second-order valence-corrected chi connectivity index (χ2v) is 6.03. The summed E-state index contributed by atoms with van der Waals surface area (Å²) in [6.07, 6.45) is 2.29. The van der Waals surface area contributed by atoms with E-state index in [4.69, 9.17) is 17.0 Å². The van der Waals surface area contributed by atoms with E-state index in [-0.39, 0.29) is 5.82 Å². The summed E-state index contributed by atoms with van der Waals surface area (Å²) in [5.41, 5.74) is 1.98. The monoisotopic (exact) mass is 330 g/mol. The highest BCUT2D eigenvalue weighted by molar-refractivity contribution is 7.80. The van der Waals surface area contributed by atoms with Crippen molar-refractivity contribution in [2.75, 3.05) is 12.4 Å². The fourth-order valence-corrected chi connectivity index (χ4v) is 2.74. The Bertz CT molecular complexity index is 668. The summed E-state index contributed by atoms with van der Waals surface area (Å²) in [6.45, 7) is 0.687. The molecule has 0 heterocycles. The number of thiocarbonyl (C=S) groups is 1. The van der Waals surface area contributed by atoms with Gasteiger partial charge in [-0.05, 0) is 67.0 Å². The molecular formula is C18H19FN2OS. The van der Waals surface area contributed by atoms with Crippen LogP contribution >= 0.6 is 12.2 Å². The van der Waals surface area contributed by atoms with Gasteiger partial charge in [-0.2, -0.15) is 0 Å². The van der Waals surface area contributed by atoms with Gasteiger partial charge in [0.25, 0.3) is 0 Å². The Morgan fingerprint density at radius 3 is 2.39 bits per heavy atom. The van der Waals surface area contributed by atoms with E-state index in [0.29, 0.717) is 17.7 Å². The molecule has 0 bridgehead atoms. The fraction of sp³-hybridized carbons (Fsp3) is 0.278. The lowest BCUT2D eigenvalue weighted by Crippen LogP contribution is -2.36. The third-order valence-electron chi connectivity index (χ3n) is 3.86. The van der Waals surface area contributed by atoms with Crippen LogP contribution in [0.5, 0.6) is 5.75 Å². The first kappa shape index (κ1) is 15.7. The van der Waals surface area contributed by atoms with Crippen molar-refractivity contribution in [1.82, 2.24) is 4.90 Å². The number of ether oxygens (including phenoxy) is 1. The summed E-state index contributed by atoms with van der Waals surface area (Å²) in [5, 5.41) is 3.97. The van der Waals surface area contributed by atoms with Gasteiger partial charge in [-0.1, -0.05) is 12.1 Å². The minimum Gasteiger partial charge on any atom is -0.497 e. The number of hydrogen-bond donors (Lipinski definition) is 1. The van der Waals surface area contributed by atoms with E-state index in [1.165, 1.54) is 12.1 Å². The second-order valence-electron chi connectivity index (χ2n) is 5.64. The van der Waals surface area contributed by atoms with Crippen molar-refractivity contribution in [2.24, 2.45) is 0 Å². The molecule has 2 aromatic rings. The Morgan fingerprint density at radius 1 is 1.17 bits per heavy atom. The fourth-order valence-electron chi connectivity index (χ4n) is 2.41. The quantitative estimate of drug-likeness (QED) is 0.831. The Hall–Kier alpha value is -2.14. The van der Waals surface area contributed by atoms with Crippen molar-refractivity contribution in [2.45, 2.75) is 25.4 Å². The number of rotatable bonds is 5. The zero-order valence-electron chi connectivity index (χ0n) is 13.0. The molecule has 1 aliphatic carbocycles. The van der Waals surface area contributed by atoms with Crippen molar-refractivity contribution < 1.29 is 9.13 Å². The molecule has 0 saturated heterocycles. The molecule has 1 N–H and O–H groups in total. The van der Waals surface area contributed by atoms with Gasteiger partial charge in [0, 0.05) is 18.3 Å². The maximum absolute atomic E-state index is 13.0. The molecule has 1 fully saturated rings. The third kappa shape index (κ3) is 4.20. The largest absolute Gasteiger partial charge is 0.497 e. The number of anilines is 1. The normalized spacial score (nSPS) is 13.5. The van der Waals surface area contributed by atoms with Crippen molar-refractivity contribution in [1.29, 1.82) is 0 Å². The molecule has 1 aliphatic rings. The number of benzene rings is 2. The highest BCUT2D eigenvalue weighted by Gasteiger charge is 2.30. The summed E-state index contributed by atoms with van der Waals surface area (Å²) in [6, 6.07) is 14.7. The number of halogens is 1. The molecule has 0 aromatic heterocycles. The molecule has 5 heteroatoms. The van der Waals surface area contributed by atoms with E-state index in [1.54, 1.807) is 19.2 Å². The van der Waals surface area contributed by atoms with Crippen molar-refractivity contribution >= 4 is 23.0 Å². The van der Waals surface area contributed by atoms with Crippen molar-refractivity contribution in [3.63, 3.8) is 0 Å². The molecule has 0 unspecified atom stereocenters. The zero-order chi connectivity index (χ0) is 16.2. The minimum atomic E-state index is -0.217. The first-order chi connectivity index (χ1) is 11.2. The van der Waals surface area contributed by atoms with Crippen LogP contribution in [0.3, 0.4) is 0 Å². The Labute approximate surface area is 141 Å². The van der Waals surface area contributed by atoms with Crippen LogP contribution < -0.4 is 10.1 Å². The molecule has 0 spiro atoms. The van der Waals surface area contributed by atoms with Crippen LogP contribution in [0.1, 0.15) is 18.4 Å². The number of methoxy groups -OCH3 is 1. The first-order valence-corrected chi connectivity index (χ1v) is 8.02. The van der Waals surface area contributed by atoms with Gasteiger partial charge >= 0.3 is 0 Å². The Balaban J connectivity index is 1.67. The summed E-state index contributed by atoms with van der Waals surface area (Å²) in [5.74, 6) is 0.595. The van der Waals surface area contributed by atoms with E-state index in [0.717, 1.165) is 29.8 Å². The lowest BCUT2D eigenvalue weighted by atomic mass is 10.2. The number of hydrogen-bond acceptors (Lipinski definition) is 2. The highest BCUT2D eigenvalue weighted by atomic mass is 32.1. The van der Waals surface area contributed by atoms with E-state index >= 15 is 0 Å². The van der Waals surface area contributed by atoms with E-state index < -0.39 is 0 Å². The molecule has 2 aromatic carbocycles. The molecule has 3 rings (SSSR count). The second kappa shape index (κ2) is 6.96. The summed E-state index contributed by atoms with van der Waals surface area (Å²) < 4.78 is 18.2. The Kier molecular flexibility index (Phi) is 4.76. The van der Waals surface area contributed by atoms with E-state index in [9.17, 15) is 4.39 Å². The van der Waals surface area contributed by atoms with Crippen LogP contribution in [0.4, 0.5) is 10.1 Å². The molecule has 1 saturated carbocycles. The standard InChI is InChI=1S/C18H19FN2OS/c1-22-17-10-6-15(7-11-17)20-18(23)21(16-8-9-16)12-13-2-4-14(19)5-3-13/h2-7,10-11,16H,8-9,12H2,1H3,(H,20,23). The molecule has 120 valence electrons. The molecule has 0 aliphatic heterocycles. The minimum absolute atomic E-state index is 0.217. The van der Waals surface area contributed by atoms with Gasteiger partial charge in [-0.3, -0.25) is 0 Å². The SMILES string of the molecule is COc1ccc(NC(=S)N(Cc2ccc(F)cc2)C2CC2)cc1. The first-order valence-electron chi connectivity index (χ1n) is 7.62. The molecular weight excluding hydrogens is 311 g/mol. The van der Waals surface area contributed by atoms with Crippen LogP contribution in [-0.2, 0) is 6.54 Å². The summed E-state index contributed by atoms with van der Waals surface area (Å²) in [4.78, 5) is 2.17. The van der Waals surface area contributed by atoms with Crippen molar-refractivity contribution in [3.8, 4) is 5.75 Å². The number of nitrogens with one attached hydrogen (secondary N) is 1. The van der Waals surface area contributed by atoms with Crippen LogP contribution in [0, 0.1) is 5.82 Å². The molecule has 0 radical (unpaired) electrons. The Morgan fingerprint density at radius 2 is 1.83 bits per heavy atom. The topological polar surface area (TPSA) is 24.5 Å². The van der Waals surface area contributed by atoms with Gasteiger partial charge < -0.3 is 15.0 Å². The van der Waals surface area contributed by atoms with Gasteiger partial charge in [0.2, 0.25) is 0 Å².